The number of nitrogens with one attached hydrogen (secondary N) is 1. The molecule has 0 aliphatic carbocycles. The van der Waals surface area contributed by atoms with E-state index >= 15 is 0 Å². The van der Waals surface area contributed by atoms with Crippen molar-refractivity contribution in [2.75, 3.05) is 26.2 Å². The Morgan fingerprint density at radius 3 is 3.23 bits per heavy atom. The van der Waals surface area contributed by atoms with Crippen LogP contribution in [0.15, 0.2) is 28.1 Å². The van der Waals surface area contributed by atoms with Crippen LogP contribution >= 0.6 is 11.3 Å². The smallest absolute Gasteiger partial charge is 0.246 e. The molecule has 142 valence electrons. The summed E-state index contributed by atoms with van der Waals surface area (Å²) in [5.41, 5.74) is 0.695. The first-order chi connectivity index (χ1) is 12.7. The van der Waals surface area contributed by atoms with Crippen molar-refractivity contribution in [3.8, 4) is 10.6 Å². The number of carbonyl (C=O) groups excluding carboxylic acids is 1. The average Bonchev–Trinajstić information content (AvgIpc) is 3.31. The van der Waals surface area contributed by atoms with E-state index in [-0.39, 0.29) is 19.1 Å². The van der Waals surface area contributed by atoms with E-state index in [1.807, 2.05) is 23.6 Å². The summed E-state index contributed by atoms with van der Waals surface area (Å²) in [6.07, 6.45) is 4.90. The molecule has 3 rings (SSSR count). The quantitative estimate of drug-likeness (QED) is 0.679. The third-order valence-corrected chi connectivity index (χ3v) is 5.58. The molecular weight excluding hydrogens is 350 g/mol. The van der Waals surface area contributed by atoms with Crippen molar-refractivity contribution in [2.45, 2.75) is 45.3 Å². The van der Waals surface area contributed by atoms with Gasteiger partial charge in [0.15, 0.2) is 5.76 Å². The predicted octanol–water partition coefficient (Wildman–Crippen LogP) is 3.30. The highest BCUT2D eigenvalue weighted by Gasteiger charge is 2.17. The van der Waals surface area contributed by atoms with Gasteiger partial charge in [0.25, 0.3) is 0 Å². The molecule has 1 N–H and O–H groups in total. The molecule has 26 heavy (non-hydrogen) atoms. The highest BCUT2D eigenvalue weighted by atomic mass is 32.1. The van der Waals surface area contributed by atoms with Crippen LogP contribution in [0, 0.1) is 0 Å². The number of hydrogen-bond donors (Lipinski definition) is 1. The molecule has 2 aromatic heterocycles. The number of rotatable bonds is 9. The predicted molar refractivity (Wildman–Crippen MR) is 102 cm³/mol. The third-order valence-electron chi connectivity index (χ3n) is 4.69. The SMILES string of the molecule is C[C@@H]1CCCCN1CCCNC(=O)COCc1cc(-c2cccs2)on1. The van der Waals surface area contributed by atoms with E-state index in [9.17, 15) is 4.79 Å². The number of piperidine rings is 1. The zero-order chi connectivity index (χ0) is 18.2. The summed E-state index contributed by atoms with van der Waals surface area (Å²) in [7, 11) is 0. The van der Waals surface area contributed by atoms with E-state index in [1.165, 1.54) is 25.8 Å². The summed E-state index contributed by atoms with van der Waals surface area (Å²) in [5, 5.41) is 8.88. The first-order valence-electron chi connectivity index (χ1n) is 9.30. The fraction of sp³-hybridized carbons (Fsp3) is 0.579. The highest BCUT2D eigenvalue weighted by Crippen LogP contribution is 2.25. The molecule has 6 nitrogen and oxygen atoms in total. The van der Waals surface area contributed by atoms with E-state index in [0.717, 1.165) is 23.6 Å². The zero-order valence-corrected chi connectivity index (χ0v) is 16.1. The van der Waals surface area contributed by atoms with Crippen molar-refractivity contribution >= 4 is 17.2 Å². The molecule has 1 saturated heterocycles. The first-order valence-corrected chi connectivity index (χ1v) is 10.2. The Bertz CT molecular complexity index is 671. The van der Waals surface area contributed by atoms with Crippen LogP contribution in [-0.2, 0) is 16.1 Å². The molecule has 7 heteroatoms. The second-order valence-corrected chi connectivity index (χ2v) is 7.68. The Morgan fingerprint density at radius 2 is 2.42 bits per heavy atom. The molecule has 3 heterocycles. The Kier molecular flexibility index (Phi) is 7.22. The second-order valence-electron chi connectivity index (χ2n) is 6.74. The number of nitrogens with zero attached hydrogens (tertiary/aromatic N) is 2. The van der Waals surface area contributed by atoms with Gasteiger partial charge in [-0.2, -0.15) is 0 Å². The van der Waals surface area contributed by atoms with Crippen LogP contribution in [0.5, 0.6) is 0 Å². The van der Waals surface area contributed by atoms with Gasteiger partial charge in [-0.15, -0.1) is 11.3 Å². The minimum atomic E-state index is -0.0846. The van der Waals surface area contributed by atoms with Crippen LogP contribution in [-0.4, -0.2) is 48.2 Å². The standard InChI is InChI=1S/C19H27N3O3S/c1-15-6-2-3-9-22(15)10-5-8-20-19(23)14-24-13-16-12-17(25-21-16)18-7-4-11-26-18/h4,7,11-12,15H,2-3,5-6,8-10,13-14H2,1H3,(H,20,23)/t15-/m1/s1. The molecule has 0 bridgehead atoms. The van der Waals surface area contributed by atoms with Gasteiger partial charge in [0.05, 0.1) is 11.5 Å². The maximum absolute atomic E-state index is 11.8. The van der Waals surface area contributed by atoms with Crippen LogP contribution in [0.1, 0.15) is 38.3 Å². The van der Waals surface area contributed by atoms with Crippen LogP contribution in [0.4, 0.5) is 0 Å². The molecule has 1 fully saturated rings. The van der Waals surface area contributed by atoms with Crippen LogP contribution in [0.25, 0.3) is 10.6 Å². The Hall–Kier alpha value is -1.70. The topological polar surface area (TPSA) is 67.6 Å². The van der Waals surface area contributed by atoms with E-state index in [4.69, 9.17) is 9.26 Å². The van der Waals surface area contributed by atoms with E-state index < -0.39 is 0 Å². The van der Waals surface area contributed by atoms with Crippen molar-refractivity contribution in [2.24, 2.45) is 0 Å². The minimum Gasteiger partial charge on any atom is -0.365 e. The lowest BCUT2D eigenvalue weighted by atomic mass is 10.0. The first kappa shape index (κ1) is 19.1. The lowest BCUT2D eigenvalue weighted by molar-refractivity contribution is -0.126. The van der Waals surface area contributed by atoms with Gasteiger partial charge in [0.2, 0.25) is 5.91 Å². The number of amides is 1. The number of likely N-dealkylation sites (tertiary alicyclic amines) is 1. The lowest BCUT2D eigenvalue weighted by Gasteiger charge is -2.33. The van der Waals surface area contributed by atoms with Gasteiger partial charge < -0.3 is 19.5 Å². The largest absolute Gasteiger partial charge is 0.365 e. The minimum absolute atomic E-state index is 0.0430. The summed E-state index contributed by atoms with van der Waals surface area (Å²) in [5.74, 6) is 0.647. The van der Waals surface area contributed by atoms with E-state index in [1.54, 1.807) is 11.3 Å². The molecule has 0 radical (unpaired) electrons. The van der Waals surface area contributed by atoms with Gasteiger partial charge in [-0.25, -0.2) is 0 Å². The monoisotopic (exact) mass is 377 g/mol. The van der Waals surface area contributed by atoms with E-state index in [2.05, 4.69) is 22.3 Å². The van der Waals surface area contributed by atoms with Crippen molar-refractivity contribution < 1.29 is 14.1 Å². The van der Waals surface area contributed by atoms with Gasteiger partial charge >= 0.3 is 0 Å². The molecule has 1 atom stereocenters. The molecule has 0 spiro atoms. The van der Waals surface area contributed by atoms with Gasteiger partial charge in [-0.05, 0) is 44.2 Å². The third kappa shape index (κ3) is 5.65. The molecule has 2 aromatic rings. The van der Waals surface area contributed by atoms with E-state index in [0.29, 0.717) is 18.3 Å². The van der Waals surface area contributed by atoms with Gasteiger partial charge in [-0.3, -0.25) is 4.79 Å². The number of thiophene rings is 1. The van der Waals surface area contributed by atoms with Crippen LogP contribution < -0.4 is 5.32 Å². The molecule has 1 aliphatic heterocycles. The summed E-state index contributed by atoms with van der Waals surface area (Å²) < 4.78 is 10.7. The van der Waals surface area contributed by atoms with Crippen LogP contribution in [0.3, 0.4) is 0 Å². The van der Waals surface area contributed by atoms with Crippen molar-refractivity contribution in [1.82, 2.24) is 15.4 Å². The maximum Gasteiger partial charge on any atom is 0.246 e. The second kappa shape index (κ2) is 9.85. The van der Waals surface area contributed by atoms with Crippen molar-refractivity contribution in [3.05, 3.63) is 29.3 Å². The molecule has 1 aliphatic rings. The lowest BCUT2D eigenvalue weighted by Crippen LogP contribution is -2.39. The molecular formula is C19H27N3O3S. The average molecular weight is 378 g/mol. The van der Waals surface area contributed by atoms with Crippen molar-refractivity contribution in [3.63, 3.8) is 0 Å². The summed E-state index contributed by atoms with van der Waals surface area (Å²) in [6.45, 7) is 5.53. The van der Waals surface area contributed by atoms with Crippen LogP contribution in [0.2, 0.25) is 0 Å². The fourth-order valence-electron chi connectivity index (χ4n) is 3.21. The molecule has 0 unspecified atom stereocenters. The summed E-state index contributed by atoms with van der Waals surface area (Å²) in [6, 6.07) is 6.47. The Morgan fingerprint density at radius 1 is 1.50 bits per heavy atom. The molecule has 0 saturated carbocycles. The number of hydrogen-bond acceptors (Lipinski definition) is 6. The number of ether oxygens (including phenoxy) is 1. The summed E-state index contributed by atoms with van der Waals surface area (Å²) in [4.78, 5) is 15.4. The molecule has 0 aromatic carbocycles. The molecule has 1 amide bonds. The number of aromatic nitrogens is 1. The highest BCUT2D eigenvalue weighted by molar-refractivity contribution is 7.13. The Balaban J connectivity index is 1.27. The zero-order valence-electron chi connectivity index (χ0n) is 15.3. The summed E-state index contributed by atoms with van der Waals surface area (Å²) >= 11 is 1.60. The normalized spacial score (nSPS) is 18.1. The van der Waals surface area contributed by atoms with Gasteiger partial charge in [0, 0.05) is 25.2 Å². The Labute approximate surface area is 158 Å². The maximum atomic E-state index is 11.8. The fourth-order valence-corrected chi connectivity index (χ4v) is 3.89. The van der Waals surface area contributed by atoms with Crippen molar-refractivity contribution in [1.29, 1.82) is 0 Å². The van der Waals surface area contributed by atoms with Gasteiger partial charge in [0.1, 0.15) is 12.3 Å². The van der Waals surface area contributed by atoms with Gasteiger partial charge in [-0.1, -0.05) is 17.6 Å². The number of carbonyl (C=O) groups is 1.